The first-order valence-corrected chi connectivity index (χ1v) is 9.97. The third-order valence-corrected chi connectivity index (χ3v) is 5.52. The average molecular weight is 401 g/mol. The third-order valence-electron chi connectivity index (χ3n) is 3.89. The number of halogens is 1. The molecule has 0 fully saturated rings. The highest BCUT2D eigenvalue weighted by Crippen LogP contribution is 2.22. The predicted molar refractivity (Wildman–Crippen MR) is 108 cm³/mol. The van der Waals surface area contributed by atoms with E-state index in [2.05, 4.69) is 10.0 Å². The van der Waals surface area contributed by atoms with E-state index >= 15 is 0 Å². The van der Waals surface area contributed by atoms with Crippen LogP contribution in [0.3, 0.4) is 0 Å². The van der Waals surface area contributed by atoms with E-state index in [-0.39, 0.29) is 10.8 Å². The van der Waals surface area contributed by atoms with Crippen molar-refractivity contribution in [1.82, 2.24) is 0 Å². The van der Waals surface area contributed by atoms with Crippen LogP contribution < -0.4 is 10.0 Å². The molecule has 3 aromatic carbocycles. The lowest BCUT2D eigenvalue weighted by Crippen LogP contribution is -2.15. The molecule has 0 aliphatic rings. The number of carbonyl (C=O) groups excluding carboxylic acids is 1. The van der Waals surface area contributed by atoms with Crippen molar-refractivity contribution in [1.29, 1.82) is 0 Å². The Balaban J connectivity index is 1.77. The second-order valence-corrected chi connectivity index (χ2v) is 8.03. The maximum Gasteiger partial charge on any atom is 0.261 e. The molecule has 2 N–H and O–H groups in total. The van der Waals surface area contributed by atoms with Gasteiger partial charge in [-0.25, -0.2) is 8.42 Å². The highest BCUT2D eigenvalue weighted by Gasteiger charge is 2.16. The minimum Gasteiger partial charge on any atom is -0.322 e. The van der Waals surface area contributed by atoms with E-state index in [0.717, 1.165) is 0 Å². The van der Waals surface area contributed by atoms with E-state index in [9.17, 15) is 13.2 Å². The molecule has 138 valence electrons. The monoisotopic (exact) mass is 400 g/mol. The van der Waals surface area contributed by atoms with Gasteiger partial charge in [0.1, 0.15) is 0 Å². The molecule has 5 nitrogen and oxygen atoms in total. The van der Waals surface area contributed by atoms with Crippen molar-refractivity contribution >= 4 is 38.9 Å². The highest BCUT2D eigenvalue weighted by molar-refractivity contribution is 7.92. The molecule has 1 amide bonds. The van der Waals surface area contributed by atoms with Crippen LogP contribution in [-0.2, 0) is 10.0 Å². The van der Waals surface area contributed by atoms with Gasteiger partial charge in [-0.1, -0.05) is 29.8 Å². The Morgan fingerprint density at radius 3 is 2.22 bits per heavy atom. The SMILES string of the molecule is Cc1cc(C(=O)Nc2ccc(Cl)cc2)ccc1NS(=O)(=O)c1ccccc1. The van der Waals surface area contributed by atoms with Crippen LogP contribution in [0.25, 0.3) is 0 Å². The molecule has 0 aromatic heterocycles. The zero-order chi connectivity index (χ0) is 19.4. The minimum absolute atomic E-state index is 0.175. The fourth-order valence-corrected chi connectivity index (χ4v) is 3.74. The van der Waals surface area contributed by atoms with Crippen molar-refractivity contribution in [3.05, 3.63) is 88.9 Å². The van der Waals surface area contributed by atoms with Gasteiger partial charge in [-0.2, -0.15) is 0 Å². The van der Waals surface area contributed by atoms with Gasteiger partial charge in [0.25, 0.3) is 15.9 Å². The molecular weight excluding hydrogens is 384 g/mol. The van der Waals surface area contributed by atoms with Crippen LogP contribution in [-0.4, -0.2) is 14.3 Å². The lowest BCUT2D eigenvalue weighted by Gasteiger charge is -2.12. The van der Waals surface area contributed by atoms with Gasteiger partial charge in [0.15, 0.2) is 0 Å². The zero-order valence-electron chi connectivity index (χ0n) is 14.4. The quantitative estimate of drug-likeness (QED) is 0.651. The lowest BCUT2D eigenvalue weighted by molar-refractivity contribution is 0.102. The Hall–Kier alpha value is -2.83. The van der Waals surface area contributed by atoms with Crippen molar-refractivity contribution in [2.75, 3.05) is 10.0 Å². The summed E-state index contributed by atoms with van der Waals surface area (Å²) >= 11 is 5.83. The molecule has 0 saturated carbocycles. The first kappa shape index (κ1) is 18.9. The number of carbonyl (C=O) groups is 1. The molecule has 0 atom stereocenters. The summed E-state index contributed by atoms with van der Waals surface area (Å²) in [6.45, 7) is 1.74. The van der Waals surface area contributed by atoms with E-state index in [1.165, 1.54) is 12.1 Å². The molecule has 0 spiro atoms. The number of anilines is 2. The third kappa shape index (κ3) is 4.67. The standard InChI is InChI=1S/C20H17ClN2O3S/c1-14-13-15(20(24)22-17-10-8-16(21)9-11-17)7-12-19(14)23-27(25,26)18-5-3-2-4-6-18/h2-13,23H,1H3,(H,22,24). The number of rotatable bonds is 5. The molecule has 0 heterocycles. The number of hydrogen-bond donors (Lipinski definition) is 2. The Labute approximate surface area is 163 Å². The van der Waals surface area contributed by atoms with Crippen LogP contribution in [0, 0.1) is 6.92 Å². The van der Waals surface area contributed by atoms with E-state index in [0.29, 0.717) is 27.5 Å². The summed E-state index contributed by atoms with van der Waals surface area (Å²) in [7, 11) is -3.68. The summed E-state index contributed by atoms with van der Waals surface area (Å²) in [5.41, 5.74) is 2.10. The molecular formula is C20H17ClN2O3S. The lowest BCUT2D eigenvalue weighted by atomic mass is 10.1. The fourth-order valence-electron chi connectivity index (χ4n) is 2.46. The van der Waals surface area contributed by atoms with Gasteiger partial charge in [-0.15, -0.1) is 0 Å². The maximum absolute atomic E-state index is 12.4. The second-order valence-electron chi connectivity index (χ2n) is 5.91. The van der Waals surface area contributed by atoms with Gasteiger partial charge < -0.3 is 5.32 Å². The molecule has 0 aliphatic heterocycles. The Bertz CT molecular complexity index is 1070. The van der Waals surface area contributed by atoms with Crippen molar-refractivity contribution in [2.45, 2.75) is 11.8 Å². The van der Waals surface area contributed by atoms with Crippen LogP contribution in [0.2, 0.25) is 5.02 Å². The summed E-state index contributed by atoms with van der Waals surface area (Å²) < 4.78 is 27.4. The van der Waals surface area contributed by atoms with Gasteiger partial charge in [-0.3, -0.25) is 9.52 Å². The van der Waals surface area contributed by atoms with Gasteiger partial charge in [0, 0.05) is 16.3 Å². The number of aryl methyl sites for hydroxylation is 1. The summed E-state index contributed by atoms with van der Waals surface area (Å²) in [6, 6.07) is 19.7. The van der Waals surface area contributed by atoms with Crippen molar-refractivity contribution in [2.24, 2.45) is 0 Å². The molecule has 27 heavy (non-hydrogen) atoms. The zero-order valence-corrected chi connectivity index (χ0v) is 16.0. The molecule has 0 bridgehead atoms. The largest absolute Gasteiger partial charge is 0.322 e. The maximum atomic E-state index is 12.4. The number of hydrogen-bond acceptors (Lipinski definition) is 3. The van der Waals surface area contributed by atoms with Crippen LogP contribution in [0.15, 0.2) is 77.7 Å². The van der Waals surface area contributed by atoms with Crippen LogP contribution in [0.4, 0.5) is 11.4 Å². The van der Waals surface area contributed by atoms with Gasteiger partial charge in [0.05, 0.1) is 10.6 Å². The number of benzene rings is 3. The molecule has 3 aromatic rings. The predicted octanol–water partition coefficient (Wildman–Crippen LogP) is 4.70. The van der Waals surface area contributed by atoms with Gasteiger partial charge in [-0.05, 0) is 67.1 Å². The summed E-state index contributed by atoms with van der Waals surface area (Å²) in [5.74, 6) is -0.294. The summed E-state index contributed by atoms with van der Waals surface area (Å²) in [4.78, 5) is 12.6. The van der Waals surface area contributed by atoms with Crippen LogP contribution in [0.5, 0.6) is 0 Å². The normalized spacial score (nSPS) is 11.0. The van der Waals surface area contributed by atoms with Gasteiger partial charge >= 0.3 is 0 Å². The molecule has 7 heteroatoms. The topological polar surface area (TPSA) is 75.3 Å². The molecule has 0 saturated heterocycles. The number of nitrogens with one attached hydrogen (secondary N) is 2. The first-order chi connectivity index (χ1) is 12.8. The van der Waals surface area contributed by atoms with E-state index in [4.69, 9.17) is 11.6 Å². The van der Waals surface area contributed by atoms with Crippen molar-refractivity contribution in [3.63, 3.8) is 0 Å². The number of sulfonamides is 1. The van der Waals surface area contributed by atoms with E-state index < -0.39 is 10.0 Å². The summed E-state index contributed by atoms with van der Waals surface area (Å²) in [6.07, 6.45) is 0. The van der Waals surface area contributed by atoms with Crippen molar-refractivity contribution in [3.8, 4) is 0 Å². The summed E-state index contributed by atoms with van der Waals surface area (Å²) in [5, 5.41) is 3.35. The smallest absolute Gasteiger partial charge is 0.261 e. The van der Waals surface area contributed by atoms with Crippen molar-refractivity contribution < 1.29 is 13.2 Å². The second kappa shape index (κ2) is 7.82. The minimum atomic E-state index is -3.68. The first-order valence-electron chi connectivity index (χ1n) is 8.10. The fraction of sp³-hybridized carbons (Fsp3) is 0.0500. The Morgan fingerprint density at radius 1 is 0.926 bits per heavy atom. The van der Waals surface area contributed by atoms with Crippen LogP contribution in [0.1, 0.15) is 15.9 Å². The average Bonchev–Trinajstić information content (AvgIpc) is 2.66. The molecule has 0 aliphatic carbocycles. The van der Waals surface area contributed by atoms with Crippen LogP contribution >= 0.6 is 11.6 Å². The van der Waals surface area contributed by atoms with Gasteiger partial charge in [0.2, 0.25) is 0 Å². The molecule has 0 radical (unpaired) electrons. The molecule has 0 unspecified atom stereocenters. The Kier molecular flexibility index (Phi) is 5.48. The van der Waals surface area contributed by atoms with E-state index in [1.54, 1.807) is 67.6 Å². The number of amides is 1. The highest BCUT2D eigenvalue weighted by atomic mass is 35.5. The Morgan fingerprint density at radius 2 is 1.59 bits per heavy atom. The van der Waals surface area contributed by atoms with E-state index in [1.807, 2.05) is 0 Å². The molecule has 3 rings (SSSR count).